The van der Waals surface area contributed by atoms with Crippen LogP contribution in [0.15, 0.2) is 30.5 Å². The molecular weight excluding hydrogens is 486 g/mol. The van der Waals surface area contributed by atoms with E-state index < -0.39 is 42.0 Å². The van der Waals surface area contributed by atoms with E-state index in [0.29, 0.717) is 38.6 Å². The van der Waals surface area contributed by atoms with Gasteiger partial charge in [0.1, 0.15) is 18.1 Å². The number of carboxylic acids is 1. The van der Waals surface area contributed by atoms with E-state index in [-0.39, 0.29) is 17.7 Å². The number of nitrogens with zero attached hydrogens (tertiary/aromatic N) is 1. The van der Waals surface area contributed by atoms with Gasteiger partial charge in [-0.25, -0.2) is 4.79 Å². The fourth-order valence-corrected chi connectivity index (χ4v) is 5.05. The number of nitrogens with two attached hydrogens (primary N) is 1. The molecule has 1 fully saturated rings. The second-order valence-corrected chi connectivity index (χ2v) is 10.8. The Morgan fingerprint density at radius 1 is 1.16 bits per heavy atom. The van der Waals surface area contributed by atoms with Crippen molar-refractivity contribution in [2.45, 2.75) is 84.0 Å². The van der Waals surface area contributed by atoms with E-state index in [1.165, 1.54) is 4.90 Å². The number of aromatic nitrogens is 1. The van der Waals surface area contributed by atoms with Crippen molar-refractivity contribution in [3.8, 4) is 0 Å². The second-order valence-electron chi connectivity index (χ2n) is 10.8. The Balaban J connectivity index is 1.69. The summed E-state index contributed by atoms with van der Waals surface area (Å²) < 4.78 is 0. The lowest BCUT2D eigenvalue weighted by molar-refractivity contribution is -0.144. The second kappa shape index (κ2) is 12.9. The lowest BCUT2D eigenvalue weighted by atomic mass is 9.97. The predicted octanol–water partition coefficient (Wildman–Crippen LogP) is 2.18. The summed E-state index contributed by atoms with van der Waals surface area (Å²) >= 11 is 0. The van der Waals surface area contributed by atoms with E-state index >= 15 is 0 Å². The largest absolute Gasteiger partial charge is 0.480 e. The Morgan fingerprint density at radius 3 is 2.53 bits per heavy atom. The molecular formula is C28H41N5O5. The highest BCUT2D eigenvalue weighted by molar-refractivity contribution is 5.94. The van der Waals surface area contributed by atoms with Gasteiger partial charge in [-0.2, -0.15) is 0 Å². The van der Waals surface area contributed by atoms with Gasteiger partial charge in [-0.15, -0.1) is 0 Å². The number of carboxylic acid groups (broad SMARTS) is 1. The van der Waals surface area contributed by atoms with Crippen LogP contribution in [-0.2, 0) is 25.6 Å². The molecule has 1 aliphatic rings. The molecule has 2 aromatic rings. The first-order valence-corrected chi connectivity index (χ1v) is 13.5. The van der Waals surface area contributed by atoms with Crippen LogP contribution in [0.25, 0.3) is 10.9 Å². The molecule has 5 unspecified atom stereocenters. The maximum absolute atomic E-state index is 13.3. The van der Waals surface area contributed by atoms with Crippen LogP contribution < -0.4 is 16.4 Å². The quantitative estimate of drug-likeness (QED) is 0.285. The number of hydrogen-bond acceptors (Lipinski definition) is 5. The summed E-state index contributed by atoms with van der Waals surface area (Å²) in [6.45, 7) is 7.87. The van der Waals surface area contributed by atoms with E-state index in [1.54, 1.807) is 6.92 Å². The maximum Gasteiger partial charge on any atom is 0.326 e. The molecule has 1 aromatic heterocycles. The summed E-state index contributed by atoms with van der Waals surface area (Å²) in [6, 6.07) is 4.28. The fourth-order valence-electron chi connectivity index (χ4n) is 5.05. The molecule has 5 atom stereocenters. The fraction of sp³-hybridized carbons (Fsp3) is 0.571. The van der Waals surface area contributed by atoms with Crippen molar-refractivity contribution in [2.75, 3.05) is 6.54 Å². The first-order chi connectivity index (χ1) is 18.0. The average Bonchev–Trinajstić information content (AvgIpc) is 3.53. The summed E-state index contributed by atoms with van der Waals surface area (Å²) in [4.78, 5) is 56.1. The van der Waals surface area contributed by atoms with Gasteiger partial charge in [0.25, 0.3) is 0 Å². The number of aliphatic carboxylic acids is 1. The number of para-hydroxylation sites is 1. The van der Waals surface area contributed by atoms with Crippen LogP contribution in [-0.4, -0.2) is 69.4 Å². The Labute approximate surface area is 223 Å². The lowest BCUT2D eigenvalue weighted by Gasteiger charge is -2.29. The third-order valence-corrected chi connectivity index (χ3v) is 7.39. The Hall–Kier alpha value is -3.40. The molecule has 0 spiro atoms. The third-order valence-electron chi connectivity index (χ3n) is 7.39. The summed E-state index contributed by atoms with van der Waals surface area (Å²) in [5.41, 5.74) is 8.23. The van der Waals surface area contributed by atoms with Gasteiger partial charge in [0, 0.05) is 23.6 Å². The summed E-state index contributed by atoms with van der Waals surface area (Å²) in [5, 5.41) is 16.0. The highest BCUT2D eigenvalue weighted by Gasteiger charge is 2.38. The number of benzene rings is 1. The number of fused-ring (bicyclic) bond motifs is 1. The van der Waals surface area contributed by atoms with Crippen LogP contribution in [0, 0.1) is 11.8 Å². The lowest BCUT2D eigenvalue weighted by Crippen LogP contribution is -2.57. The Morgan fingerprint density at radius 2 is 1.87 bits per heavy atom. The van der Waals surface area contributed by atoms with E-state index in [1.807, 2.05) is 51.2 Å². The maximum atomic E-state index is 13.3. The number of nitrogens with one attached hydrogen (secondary N) is 3. The minimum Gasteiger partial charge on any atom is -0.480 e. The van der Waals surface area contributed by atoms with Crippen LogP contribution in [0.1, 0.15) is 58.9 Å². The van der Waals surface area contributed by atoms with Crippen molar-refractivity contribution < 1.29 is 24.3 Å². The first kappa shape index (κ1) is 29.2. The molecule has 0 saturated carbocycles. The highest BCUT2D eigenvalue weighted by Crippen LogP contribution is 2.22. The van der Waals surface area contributed by atoms with E-state index in [0.717, 1.165) is 16.5 Å². The number of amides is 3. The highest BCUT2D eigenvalue weighted by atomic mass is 16.4. The van der Waals surface area contributed by atoms with Gasteiger partial charge in [-0.3, -0.25) is 14.4 Å². The standard InChI is InChI=1S/C28H41N5O5/c1-5-17(4)24(28(37)38)32-25(34)22(13-16(2)3)31-26(35)23-11-8-12-33(23)27(36)20(29)14-18-15-30-21-10-7-6-9-19(18)21/h6-7,9-10,15-17,20,22-24,30H,5,8,11-14,29H2,1-4H3,(H,31,35)(H,32,34)(H,37,38). The van der Waals surface area contributed by atoms with Gasteiger partial charge in [-0.05, 0) is 49.1 Å². The Kier molecular flexibility index (Phi) is 9.90. The van der Waals surface area contributed by atoms with Crippen molar-refractivity contribution in [1.82, 2.24) is 20.5 Å². The van der Waals surface area contributed by atoms with Crippen LogP contribution in [0.5, 0.6) is 0 Å². The zero-order chi connectivity index (χ0) is 28.0. The molecule has 0 bridgehead atoms. The zero-order valence-electron chi connectivity index (χ0n) is 22.7. The molecule has 2 heterocycles. The number of carbonyl (C=O) groups excluding carboxylic acids is 3. The normalized spacial score (nSPS) is 18.7. The predicted molar refractivity (Wildman–Crippen MR) is 145 cm³/mol. The van der Waals surface area contributed by atoms with Crippen molar-refractivity contribution in [2.24, 2.45) is 17.6 Å². The molecule has 1 saturated heterocycles. The first-order valence-electron chi connectivity index (χ1n) is 13.5. The molecule has 0 radical (unpaired) electrons. The van der Waals surface area contributed by atoms with Crippen molar-refractivity contribution in [3.63, 3.8) is 0 Å². The smallest absolute Gasteiger partial charge is 0.326 e. The number of carbonyl (C=O) groups is 4. The van der Waals surface area contributed by atoms with Gasteiger partial charge in [0.15, 0.2) is 0 Å². The van der Waals surface area contributed by atoms with Crippen LogP contribution in [0.2, 0.25) is 0 Å². The topological polar surface area (TPSA) is 158 Å². The molecule has 0 aliphatic carbocycles. The van der Waals surface area contributed by atoms with Crippen molar-refractivity contribution >= 4 is 34.6 Å². The number of hydrogen-bond donors (Lipinski definition) is 5. The molecule has 1 aromatic carbocycles. The molecule has 10 heteroatoms. The van der Waals surface area contributed by atoms with Crippen molar-refractivity contribution in [3.05, 3.63) is 36.0 Å². The molecule has 3 rings (SSSR count). The molecule has 3 amide bonds. The summed E-state index contributed by atoms with van der Waals surface area (Å²) in [6.07, 6.45) is 4.22. The SMILES string of the molecule is CCC(C)C(NC(=O)C(CC(C)C)NC(=O)C1CCCN1C(=O)C(N)Cc1c[nH]c2ccccc12)C(=O)O. The summed E-state index contributed by atoms with van der Waals surface area (Å²) in [7, 11) is 0. The number of aromatic amines is 1. The summed E-state index contributed by atoms with van der Waals surface area (Å²) in [5.74, 6) is -2.57. The molecule has 6 N–H and O–H groups in total. The van der Waals surface area contributed by atoms with E-state index in [2.05, 4.69) is 15.6 Å². The van der Waals surface area contributed by atoms with Gasteiger partial charge >= 0.3 is 5.97 Å². The minimum atomic E-state index is -1.11. The van der Waals surface area contributed by atoms with Gasteiger partial charge in [0.05, 0.1) is 6.04 Å². The molecule has 10 nitrogen and oxygen atoms in total. The Bertz CT molecular complexity index is 1150. The molecule has 1 aliphatic heterocycles. The number of H-pyrrole nitrogens is 1. The average molecular weight is 528 g/mol. The third kappa shape index (κ3) is 6.92. The van der Waals surface area contributed by atoms with Crippen LogP contribution >= 0.6 is 0 Å². The minimum absolute atomic E-state index is 0.0730. The van der Waals surface area contributed by atoms with Gasteiger partial charge < -0.3 is 31.4 Å². The van der Waals surface area contributed by atoms with E-state index in [4.69, 9.17) is 5.73 Å². The van der Waals surface area contributed by atoms with Crippen molar-refractivity contribution in [1.29, 1.82) is 0 Å². The monoisotopic (exact) mass is 527 g/mol. The van der Waals surface area contributed by atoms with E-state index in [9.17, 15) is 24.3 Å². The van der Waals surface area contributed by atoms with Gasteiger partial charge in [-0.1, -0.05) is 52.3 Å². The van der Waals surface area contributed by atoms with Crippen LogP contribution in [0.3, 0.4) is 0 Å². The number of rotatable bonds is 12. The van der Waals surface area contributed by atoms with Gasteiger partial charge in [0.2, 0.25) is 17.7 Å². The molecule has 38 heavy (non-hydrogen) atoms. The molecule has 208 valence electrons. The zero-order valence-corrected chi connectivity index (χ0v) is 22.7. The number of likely N-dealkylation sites (tertiary alicyclic amines) is 1. The van der Waals surface area contributed by atoms with Crippen LogP contribution in [0.4, 0.5) is 0 Å².